The number of likely N-dealkylation sites (N-methyl/N-ethyl adjacent to an activating group) is 2. The van der Waals surface area contributed by atoms with Crippen LogP contribution in [0, 0.1) is 0 Å². The molecule has 0 atom stereocenters. The molecule has 1 aliphatic rings. The highest BCUT2D eigenvalue weighted by Crippen LogP contribution is 2.34. The summed E-state index contributed by atoms with van der Waals surface area (Å²) in [6.45, 7) is 4.38. The zero-order valence-corrected chi connectivity index (χ0v) is 22.1. The van der Waals surface area contributed by atoms with Gasteiger partial charge in [0.15, 0.2) is 0 Å². The van der Waals surface area contributed by atoms with Gasteiger partial charge in [-0.2, -0.15) is 0 Å². The van der Waals surface area contributed by atoms with E-state index >= 15 is 0 Å². The van der Waals surface area contributed by atoms with Gasteiger partial charge in [-0.3, -0.25) is 9.69 Å². The van der Waals surface area contributed by atoms with Gasteiger partial charge < -0.3 is 25.2 Å². The Bertz CT molecular complexity index is 1200. The van der Waals surface area contributed by atoms with E-state index in [9.17, 15) is 4.79 Å². The van der Waals surface area contributed by atoms with Crippen molar-refractivity contribution in [2.75, 3.05) is 70.0 Å². The van der Waals surface area contributed by atoms with Gasteiger partial charge in [0, 0.05) is 70.5 Å². The number of amides is 1. The van der Waals surface area contributed by atoms with Crippen LogP contribution in [0.3, 0.4) is 0 Å². The quantitative estimate of drug-likeness (QED) is 0.359. The predicted molar refractivity (Wildman–Crippen MR) is 148 cm³/mol. The fourth-order valence-corrected chi connectivity index (χ4v) is 4.47. The van der Waals surface area contributed by atoms with Crippen LogP contribution in [-0.4, -0.2) is 85.6 Å². The van der Waals surface area contributed by atoms with Crippen LogP contribution >= 0.6 is 0 Å². The number of ether oxygens (including phenoxy) is 1. The zero-order chi connectivity index (χ0) is 26.2. The summed E-state index contributed by atoms with van der Waals surface area (Å²) in [5.74, 6) is 2.09. The highest BCUT2D eigenvalue weighted by atomic mass is 16.5. The molecule has 196 valence electrons. The fraction of sp³-hybridized carbons (Fsp3) is 0.407. The summed E-state index contributed by atoms with van der Waals surface area (Å²) in [7, 11) is 7.33. The van der Waals surface area contributed by atoms with Crippen LogP contribution in [0.25, 0.3) is 11.3 Å². The molecule has 0 unspecified atom stereocenters. The third-order valence-electron chi connectivity index (χ3n) is 6.56. The largest absolute Gasteiger partial charge is 0.495 e. The van der Waals surface area contributed by atoms with Crippen LogP contribution < -0.4 is 20.3 Å². The van der Waals surface area contributed by atoms with E-state index in [0.29, 0.717) is 19.0 Å². The number of hydrogen-bond donors (Lipinski definition) is 2. The molecule has 2 aromatic heterocycles. The van der Waals surface area contributed by atoms with E-state index in [1.165, 1.54) is 18.4 Å². The van der Waals surface area contributed by atoms with E-state index in [1.54, 1.807) is 31.5 Å². The second kappa shape index (κ2) is 12.4. The number of carbonyl (C=O) groups is 1. The number of aromatic nitrogens is 3. The fourth-order valence-electron chi connectivity index (χ4n) is 4.47. The summed E-state index contributed by atoms with van der Waals surface area (Å²) in [5.41, 5.74) is 4.77. The molecule has 4 rings (SSSR count). The smallest absolute Gasteiger partial charge is 0.227 e. The summed E-state index contributed by atoms with van der Waals surface area (Å²) in [6.07, 6.45) is 6.83. The van der Waals surface area contributed by atoms with Crippen LogP contribution in [-0.2, 0) is 11.3 Å². The van der Waals surface area contributed by atoms with Crippen molar-refractivity contribution in [3.63, 3.8) is 0 Å². The lowest BCUT2D eigenvalue weighted by Gasteiger charge is -2.21. The molecule has 0 aliphatic carbocycles. The lowest BCUT2D eigenvalue weighted by molar-refractivity contribution is -0.116. The van der Waals surface area contributed by atoms with E-state index in [0.717, 1.165) is 60.2 Å². The Labute approximate surface area is 218 Å². The molecule has 0 spiro atoms. The molecule has 1 aromatic carbocycles. The van der Waals surface area contributed by atoms with Gasteiger partial charge in [0.05, 0.1) is 18.5 Å². The van der Waals surface area contributed by atoms with Crippen LogP contribution in [0.4, 0.5) is 23.1 Å². The van der Waals surface area contributed by atoms with Gasteiger partial charge in [-0.05, 0) is 55.8 Å². The van der Waals surface area contributed by atoms with Crippen LogP contribution in [0.15, 0.2) is 42.7 Å². The number of nitrogens with one attached hydrogen (secondary N) is 2. The topological polar surface area (TPSA) is 98.8 Å². The number of methoxy groups -OCH3 is 1. The Kier molecular flexibility index (Phi) is 8.73. The monoisotopic (exact) mass is 504 g/mol. The number of pyridine rings is 1. The van der Waals surface area contributed by atoms with Gasteiger partial charge in [0.25, 0.3) is 0 Å². The Morgan fingerprint density at radius 1 is 1.08 bits per heavy atom. The minimum Gasteiger partial charge on any atom is -0.495 e. The van der Waals surface area contributed by atoms with Crippen LogP contribution in [0.1, 0.15) is 18.4 Å². The van der Waals surface area contributed by atoms with Crippen molar-refractivity contribution in [1.82, 2.24) is 24.8 Å². The molecule has 1 saturated heterocycles. The molecule has 0 radical (unpaired) electrons. The summed E-state index contributed by atoms with van der Waals surface area (Å²) < 4.78 is 5.69. The first-order valence-corrected chi connectivity index (χ1v) is 12.5. The number of nitrogens with zero attached hydrogens (tertiary/aromatic N) is 6. The number of benzene rings is 1. The summed E-state index contributed by atoms with van der Waals surface area (Å²) in [5, 5.41) is 6.67. The average Bonchev–Trinajstić information content (AvgIpc) is 3.44. The second-order valence-corrected chi connectivity index (χ2v) is 9.25. The summed E-state index contributed by atoms with van der Waals surface area (Å²) in [4.78, 5) is 30.7. The minimum atomic E-state index is 0.503. The Morgan fingerprint density at radius 3 is 2.59 bits per heavy atom. The van der Waals surface area contributed by atoms with Gasteiger partial charge >= 0.3 is 0 Å². The predicted octanol–water partition coefficient (Wildman–Crippen LogP) is 3.45. The molecule has 37 heavy (non-hydrogen) atoms. The molecule has 0 saturated carbocycles. The molecular formula is C27H36N8O2. The molecule has 3 aromatic rings. The lowest BCUT2D eigenvalue weighted by atomic mass is 10.1. The number of rotatable bonds is 12. The van der Waals surface area contributed by atoms with Crippen molar-refractivity contribution in [1.29, 1.82) is 0 Å². The van der Waals surface area contributed by atoms with E-state index in [2.05, 4.69) is 31.6 Å². The molecule has 2 N–H and O–H groups in total. The molecule has 10 nitrogen and oxygen atoms in total. The van der Waals surface area contributed by atoms with Gasteiger partial charge in [-0.25, -0.2) is 15.0 Å². The number of anilines is 4. The lowest BCUT2D eigenvalue weighted by Crippen LogP contribution is -2.30. The highest BCUT2D eigenvalue weighted by molar-refractivity contribution is 5.71. The van der Waals surface area contributed by atoms with Crippen molar-refractivity contribution in [3.8, 4) is 17.0 Å². The van der Waals surface area contributed by atoms with Gasteiger partial charge in [-0.1, -0.05) is 0 Å². The van der Waals surface area contributed by atoms with E-state index in [4.69, 9.17) is 9.72 Å². The first kappa shape index (κ1) is 26.2. The number of hydrogen-bond acceptors (Lipinski definition) is 9. The third-order valence-corrected chi connectivity index (χ3v) is 6.56. The second-order valence-electron chi connectivity index (χ2n) is 9.25. The molecule has 1 aliphatic heterocycles. The van der Waals surface area contributed by atoms with Gasteiger partial charge in [0.2, 0.25) is 12.4 Å². The van der Waals surface area contributed by atoms with Crippen molar-refractivity contribution >= 4 is 29.6 Å². The maximum absolute atomic E-state index is 10.9. The average molecular weight is 505 g/mol. The van der Waals surface area contributed by atoms with Crippen molar-refractivity contribution in [2.45, 2.75) is 19.4 Å². The van der Waals surface area contributed by atoms with E-state index in [1.807, 2.05) is 43.3 Å². The number of likely N-dealkylation sites (tertiary alicyclic amines) is 1. The Morgan fingerprint density at radius 2 is 1.86 bits per heavy atom. The molecule has 1 amide bonds. The summed E-state index contributed by atoms with van der Waals surface area (Å²) >= 11 is 0. The van der Waals surface area contributed by atoms with Gasteiger partial charge in [-0.15, -0.1) is 0 Å². The highest BCUT2D eigenvalue weighted by Gasteiger charge is 2.17. The van der Waals surface area contributed by atoms with E-state index in [-0.39, 0.29) is 0 Å². The van der Waals surface area contributed by atoms with Gasteiger partial charge in [0.1, 0.15) is 11.6 Å². The normalized spacial score (nSPS) is 13.3. The number of carbonyl (C=O) groups excluding carboxylic acids is 1. The maximum Gasteiger partial charge on any atom is 0.227 e. The molecule has 1 fully saturated rings. The van der Waals surface area contributed by atoms with Crippen molar-refractivity contribution in [3.05, 3.63) is 48.3 Å². The Balaban J connectivity index is 1.55. The van der Waals surface area contributed by atoms with Crippen LogP contribution in [0.5, 0.6) is 5.75 Å². The maximum atomic E-state index is 10.9. The SMILES string of the molecule is CNc1c(CN2CCCC2)cc(Nc2nccc(-c3ccnc(N(C)CCN(C)C=O)c3)n2)cc1OC. The molecular weight excluding hydrogens is 468 g/mol. The first-order chi connectivity index (χ1) is 18.0. The minimum absolute atomic E-state index is 0.503. The standard InChI is InChI=1S/C27H36N8O2/c1-28-26-21(18-35-11-5-6-12-35)15-22(17-24(26)37-4)31-27-30-10-8-23(32-27)20-7-9-29-25(16-20)34(3)14-13-33(2)19-36/h7-10,15-17,19,28H,5-6,11-14,18H2,1-4H3,(H,30,31,32). The van der Waals surface area contributed by atoms with E-state index < -0.39 is 0 Å². The molecule has 10 heteroatoms. The Hall–Kier alpha value is -3.92. The zero-order valence-electron chi connectivity index (χ0n) is 22.1. The van der Waals surface area contributed by atoms with Crippen molar-refractivity contribution < 1.29 is 9.53 Å². The molecule has 0 bridgehead atoms. The third kappa shape index (κ3) is 6.65. The summed E-state index contributed by atoms with van der Waals surface area (Å²) in [6, 6.07) is 9.91. The van der Waals surface area contributed by atoms with Crippen molar-refractivity contribution in [2.24, 2.45) is 0 Å². The first-order valence-electron chi connectivity index (χ1n) is 12.5. The molecule has 3 heterocycles. The van der Waals surface area contributed by atoms with Crippen LogP contribution in [0.2, 0.25) is 0 Å².